The first-order chi connectivity index (χ1) is 13.6. The van der Waals surface area contributed by atoms with Crippen molar-refractivity contribution < 1.29 is 9.47 Å². The van der Waals surface area contributed by atoms with Gasteiger partial charge in [-0.05, 0) is 48.0 Å². The lowest BCUT2D eigenvalue weighted by Crippen LogP contribution is -1.98. The summed E-state index contributed by atoms with van der Waals surface area (Å²) >= 11 is 12.1. The van der Waals surface area contributed by atoms with E-state index in [2.05, 4.69) is 11.1 Å². The summed E-state index contributed by atoms with van der Waals surface area (Å²) in [5.74, 6) is 1.12. The van der Waals surface area contributed by atoms with Gasteiger partial charge in [-0.2, -0.15) is 5.26 Å². The van der Waals surface area contributed by atoms with Crippen molar-refractivity contribution in [3.63, 3.8) is 0 Å². The molecule has 0 N–H and O–H groups in total. The Morgan fingerprint density at radius 3 is 2.64 bits per heavy atom. The summed E-state index contributed by atoms with van der Waals surface area (Å²) in [7, 11) is 1.56. The number of nitriles is 1. The van der Waals surface area contributed by atoms with E-state index >= 15 is 0 Å². The van der Waals surface area contributed by atoms with Crippen molar-refractivity contribution in [2.24, 2.45) is 0 Å². The van der Waals surface area contributed by atoms with E-state index in [1.807, 2.05) is 18.2 Å². The molecule has 0 atom stereocenters. The number of hydrogen-bond acceptors (Lipinski definition) is 4. The fourth-order valence-corrected chi connectivity index (χ4v) is 3.00. The summed E-state index contributed by atoms with van der Waals surface area (Å²) in [6.45, 7) is 0.277. The number of methoxy groups -OCH3 is 1. The van der Waals surface area contributed by atoms with Gasteiger partial charge in [0, 0.05) is 21.8 Å². The van der Waals surface area contributed by atoms with Crippen LogP contribution in [0.25, 0.3) is 11.6 Å². The van der Waals surface area contributed by atoms with Gasteiger partial charge in [0.1, 0.15) is 12.7 Å². The van der Waals surface area contributed by atoms with Crippen molar-refractivity contribution in [1.29, 1.82) is 5.26 Å². The predicted molar refractivity (Wildman–Crippen MR) is 112 cm³/mol. The number of halogens is 2. The zero-order valence-corrected chi connectivity index (χ0v) is 16.5. The van der Waals surface area contributed by atoms with Crippen LogP contribution in [0.4, 0.5) is 0 Å². The van der Waals surface area contributed by atoms with Crippen molar-refractivity contribution in [2.45, 2.75) is 6.61 Å². The van der Waals surface area contributed by atoms with Gasteiger partial charge in [-0.3, -0.25) is 4.98 Å². The molecule has 6 heteroatoms. The van der Waals surface area contributed by atoms with Gasteiger partial charge in [0.2, 0.25) is 0 Å². The normalized spacial score (nSPS) is 11.0. The molecule has 0 spiro atoms. The molecule has 0 saturated carbocycles. The predicted octanol–water partition coefficient (Wildman–Crippen LogP) is 6.04. The molecule has 28 heavy (non-hydrogen) atoms. The first-order valence-electron chi connectivity index (χ1n) is 8.38. The topological polar surface area (TPSA) is 55.1 Å². The molecular formula is C22H16Cl2N2O2. The van der Waals surface area contributed by atoms with Crippen LogP contribution in [0.15, 0.2) is 60.8 Å². The van der Waals surface area contributed by atoms with Crippen LogP contribution in [0.1, 0.15) is 16.8 Å². The van der Waals surface area contributed by atoms with E-state index in [0.29, 0.717) is 32.8 Å². The van der Waals surface area contributed by atoms with Gasteiger partial charge < -0.3 is 9.47 Å². The first-order valence-corrected chi connectivity index (χ1v) is 9.14. The fraction of sp³-hybridized carbons (Fsp3) is 0.0909. The van der Waals surface area contributed by atoms with Crippen molar-refractivity contribution >= 4 is 34.9 Å². The third-order valence-corrected chi connectivity index (χ3v) is 4.55. The zero-order chi connectivity index (χ0) is 19.9. The Morgan fingerprint density at radius 2 is 1.96 bits per heavy atom. The SMILES string of the molecule is COc1cc(/C=C(/C#N)c2ccccn2)ccc1OCc1ccc(Cl)cc1Cl. The Balaban J connectivity index is 1.82. The van der Waals surface area contributed by atoms with E-state index in [1.54, 1.807) is 55.8 Å². The van der Waals surface area contributed by atoms with Crippen molar-refractivity contribution in [1.82, 2.24) is 4.98 Å². The highest BCUT2D eigenvalue weighted by Crippen LogP contribution is 2.31. The maximum absolute atomic E-state index is 9.44. The number of aromatic nitrogens is 1. The van der Waals surface area contributed by atoms with Gasteiger partial charge in [0.05, 0.1) is 18.4 Å². The van der Waals surface area contributed by atoms with Crippen LogP contribution >= 0.6 is 23.2 Å². The Bertz CT molecular complexity index is 1040. The summed E-state index contributed by atoms with van der Waals surface area (Å²) < 4.78 is 11.3. The molecule has 1 aromatic heterocycles. The Labute approximate surface area is 173 Å². The minimum Gasteiger partial charge on any atom is -0.493 e. The molecule has 0 radical (unpaired) electrons. The first kappa shape index (κ1) is 19.8. The maximum atomic E-state index is 9.44. The van der Waals surface area contributed by atoms with Crippen LogP contribution in [-0.2, 0) is 6.61 Å². The quantitative estimate of drug-likeness (QED) is 0.464. The molecule has 4 nitrogen and oxygen atoms in total. The fourth-order valence-electron chi connectivity index (χ4n) is 2.54. The second-order valence-electron chi connectivity index (χ2n) is 5.82. The van der Waals surface area contributed by atoms with Crippen molar-refractivity contribution in [3.05, 3.63) is 87.7 Å². The van der Waals surface area contributed by atoms with E-state index < -0.39 is 0 Å². The summed E-state index contributed by atoms with van der Waals surface area (Å²) in [4.78, 5) is 4.22. The van der Waals surface area contributed by atoms with Crippen molar-refractivity contribution in [3.8, 4) is 17.6 Å². The van der Waals surface area contributed by atoms with Gasteiger partial charge in [0.15, 0.2) is 11.5 Å². The monoisotopic (exact) mass is 410 g/mol. The minimum absolute atomic E-state index is 0.277. The summed E-state index contributed by atoms with van der Waals surface area (Å²) in [6.07, 6.45) is 3.41. The molecule has 0 fully saturated rings. The van der Waals surface area contributed by atoms with E-state index in [0.717, 1.165) is 11.1 Å². The number of nitrogens with zero attached hydrogens (tertiary/aromatic N) is 2. The standard InChI is InChI=1S/C22H16Cl2N2O2/c1-27-22-11-15(10-17(13-25)20-4-2-3-9-26-20)5-8-21(22)28-14-16-6-7-18(23)12-19(16)24/h2-12H,14H2,1H3/b17-10-. The highest BCUT2D eigenvalue weighted by Gasteiger charge is 2.09. The summed E-state index contributed by atoms with van der Waals surface area (Å²) in [6, 6.07) is 18.3. The summed E-state index contributed by atoms with van der Waals surface area (Å²) in [5.41, 5.74) is 2.70. The number of hydrogen-bond donors (Lipinski definition) is 0. The smallest absolute Gasteiger partial charge is 0.161 e. The number of ether oxygens (including phenoxy) is 2. The molecule has 0 saturated heterocycles. The highest BCUT2D eigenvalue weighted by molar-refractivity contribution is 6.35. The molecule has 2 aromatic carbocycles. The van der Waals surface area contributed by atoms with Crippen molar-refractivity contribution in [2.75, 3.05) is 7.11 Å². The Morgan fingerprint density at radius 1 is 1.11 bits per heavy atom. The average Bonchev–Trinajstić information content (AvgIpc) is 2.72. The minimum atomic E-state index is 0.277. The molecule has 0 unspecified atom stereocenters. The molecule has 1 heterocycles. The van der Waals surface area contributed by atoms with Crippen LogP contribution < -0.4 is 9.47 Å². The number of allylic oxidation sites excluding steroid dienone is 1. The van der Waals surface area contributed by atoms with Crippen LogP contribution in [0.3, 0.4) is 0 Å². The Hall–Kier alpha value is -3.00. The second kappa shape index (κ2) is 9.27. The zero-order valence-electron chi connectivity index (χ0n) is 15.0. The number of rotatable bonds is 6. The maximum Gasteiger partial charge on any atom is 0.161 e. The van der Waals surface area contributed by atoms with E-state index in [1.165, 1.54) is 0 Å². The number of pyridine rings is 1. The lowest BCUT2D eigenvalue weighted by atomic mass is 10.1. The van der Waals surface area contributed by atoms with E-state index in [4.69, 9.17) is 32.7 Å². The third kappa shape index (κ3) is 4.83. The third-order valence-electron chi connectivity index (χ3n) is 3.96. The van der Waals surface area contributed by atoms with E-state index in [9.17, 15) is 5.26 Å². The average molecular weight is 411 g/mol. The molecular weight excluding hydrogens is 395 g/mol. The lowest BCUT2D eigenvalue weighted by molar-refractivity contribution is 0.284. The van der Waals surface area contributed by atoms with Gasteiger partial charge in [-0.1, -0.05) is 41.4 Å². The lowest BCUT2D eigenvalue weighted by Gasteiger charge is -2.12. The molecule has 3 aromatic rings. The van der Waals surface area contributed by atoms with Crippen LogP contribution in [-0.4, -0.2) is 12.1 Å². The molecule has 0 bridgehead atoms. The highest BCUT2D eigenvalue weighted by atomic mass is 35.5. The van der Waals surface area contributed by atoms with Gasteiger partial charge >= 0.3 is 0 Å². The van der Waals surface area contributed by atoms with E-state index in [-0.39, 0.29) is 6.61 Å². The molecule has 0 aliphatic carbocycles. The molecule has 0 aliphatic heterocycles. The van der Waals surface area contributed by atoms with Crippen LogP contribution in [0.5, 0.6) is 11.5 Å². The van der Waals surface area contributed by atoms with Gasteiger partial charge in [-0.15, -0.1) is 0 Å². The molecule has 0 aliphatic rings. The van der Waals surface area contributed by atoms with Gasteiger partial charge in [0.25, 0.3) is 0 Å². The molecule has 0 amide bonds. The van der Waals surface area contributed by atoms with Crippen LogP contribution in [0.2, 0.25) is 10.0 Å². The van der Waals surface area contributed by atoms with Gasteiger partial charge in [-0.25, -0.2) is 0 Å². The second-order valence-corrected chi connectivity index (χ2v) is 6.66. The van der Waals surface area contributed by atoms with Crippen LogP contribution in [0, 0.1) is 11.3 Å². The largest absolute Gasteiger partial charge is 0.493 e. The molecule has 3 rings (SSSR count). The summed E-state index contributed by atoms with van der Waals surface area (Å²) in [5, 5.41) is 10.6. The molecule has 140 valence electrons. The number of benzene rings is 2. The Kier molecular flexibility index (Phi) is 6.54.